The maximum Gasteiger partial charge on any atom is 0.241 e. The first-order valence-electron chi connectivity index (χ1n) is 10.3. The molecule has 1 aromatic carbocycles. The average Bonchev–Trinajstić information content (AvgIpc) is 2.97. The molecule has 2 fully saturated rings. The van der Waals surface area contributed by atoms with E-state index in [-0.39, 0.29) is 17.9 Å². The molecular formula is C21H31BrN4O2. The molecule has 7 heteroatoms. The fourth-order valence-corrected chi connectivity index (χ4v) is 4.30. The number of benzene rings is 1. The summed E-state index contributed by atoms with van der Waals surface area (Å²) in [5.41, 5.74) is 0.799. The van der Waals surface area contributed by atoms with Crippen LogP contribution in [0.2, 0.25) is 0 Å². The number of hydrogen-bond donors (Lipinski definition) is 1. The van der Waals surface area contributed by atoms with Crippen LogP contribution < -0.4 is 5.32 Å². The fourth-order valence-electron chi connectivity index (χ4n) is 3.90. The zero-order chi connectivity index (χ0) is 19.9. The Kier molecular flexibility index (Phi) is 7.88. The molecule has 1 N–H and O–H groups in total. The van der Waals surface area contributed by atoms with Gasteiger partial charge >= 0.3 is 0 Å². The van der Waals surface area contributed by atoms with Crippen molar-refractivity contribution in [3.05, 3.63) is 28.7 Å². The smallest absolute Gasteiger partial charge is 0.241 e. The number of rotatable bonds is 5. The summed E-state index contributed by atoms with van der Waals surface area (Å²) in [7, 11) is 0. The third-order valence-electron chi connectivity index (χ3n) is 5.74. The quantitative estimate of drug-likeness (QED) is 0.748. The number of nitrogens with zero attached hydrogens (tertiary/aromatic N) is 3. The number of amides is 2. The zero-order valence-electron chi connectivity index (χ0n) is 16.7. The predicted octanol–water partition coefficient (Wildman–Crippen LogP) is 2.80. The zero-order valence-corrected chi connectivity index (χ0v) is 18.3. The topological polar surface area (TPSA) is 55.9 Å². The minimum absolute atomic E-state index is 0.00666. The van der Waals surface area contributed by atoms with Crippen molar-refractivity contribution in [1.29, 1.82) is 0 Å². The van der Waals surface area contributed by atoms with Crippen LogP contribution in [0.5, 0.6) is 0 Å². The number of hydrogen-bond acceptors (Lipinski definition) is 4. The molecule has 154 valence electrons. The Morgan fingerprint density at radius 3 is 2.36 bits per heavy atom. The van der Waals surface area contributed by atoms with E-state index in [0.717, 1.165) is 62.3 Å². The summed E-state index contributed by atoms with van der Waals surface area (Å²) in [5.74, 6) is 0.267. The lowest BCUT2D eigenvalue weighted by molar-refractivity contribution is -0.133. The molecule has 3 rings (SSSR count). The highest BCUT2D eigenvalue weighted by Crippen LogP contribution is 2.17. The van der Waals surface area contributed by atoms with Crippen LogP contribution in [0.4, 0.5) is 5.69 Å². The Balaban J connectivity index is 1.43. The SMILES string of the molecule is C[C@H](C(=O)Nc1cccc(Br)c1)N1CCN(CC(=O)N2CCCCCC2)CC1. The van der Waals surface area contributed by atoms with Crippen molar-refractivity contribution in [3.8, 4) is 0 Å². The number of piperazine rings is 1. The number of nitrogens with one attached hydrogen (secondary N) is 1. The van der Waals surface area contributed by atoms with Gasteiger partial charge in [-0.05, 0) is 38.0 Å². The molecule has 0 saturated carbocycles. The molecule has 0 spiro atoms. The van der Waals surface area contributed by atoms with Gasteiger partial charge in [0.15, 0.2) is 0 Å². The molecule has 28 heavy (non-hydrogen) atoms. The molecule has 0 radical (unpaired) electrons. The van der Waals surface area contributed by atoms with Gasteiger partial charge in [-0.1, -0.05) is 34.8 Å². The van der Waals surface area contributed by atoms with Gasteiger partial charge in [-0.25, -0.2) is 0 Å². The van der Waals surface area contributed by atoms with E-state index < -0.39 is 0 Å². The van der Waals surface area contributed by atoms with E-state index >= 15 is 0 Å². The molecule has 0 unspecified atom stereocenters. The van der Waals surface area contributed by atoms with Gasteiger partial charge in [-0.3, -0.25) is 19.4 Å². The lowest BCUT2D eigenvalue weighted by Crippen LogP contribution is -2.54. The van der Waals surface area contributed by atoms with E-state index in [2.05, 4.69) is 31.0 Å². The first-order chi connectivity index (χ1) is 13.5. The summed E-state index contributed by atoms with van der Waals surface area (Å²) >= 11 is 3.43. The van der Waals surface area contributed by atoms with E-state index in [0.29, 0.717) is 6.54 Å². The Labute approximate surface area is 176 Å². The van der Waals surface area contributed by atoms with Crippen molar-refractivity contribution < 1.29 is 9.59 Å². The first kappa shape index (κ1) is 21.3. The van der Waals surface area contributed by atoms with E-state index in [1.165, 1.54) is 12.8 Å². The molecule has 2 heterocycles. The third-order valence-corrected chi connectivity index (χ3v) is 6.24. The molecular weight excluding hydrogens is 420 g/mol. The molecule has 0 aromatic heterocycles. The van der Waals surface area contributed by atoms with Gasteiger partial charge < -0.3 is 10.2 Å². The van der Waals surface area contributed by atoms with Crippen LogP contribution in [0.1, 0.15) is 32.6 Å². The van der Waals surface area contributed by atoms with Crippen molar-refractivity contribution in [2.45, 2.75) is 38.6 Å². The van der Waals surface area contributed by atoms with Crippen LogP contribution in [0.3, 0.4) is 0 Å². The summed E-state index contributed by atoms with van der Waals surface area (Å²) < 4.78 is 0.945. The minimum atomic E-state index is -0.192. The number of carbonyl (C=O) groups is 2. The second-order valence-electron chi connectivity index (χ2n) is 7.78. The van der Waals surface area contributed by atoms with Crippen LogP contribution >= 0.6 is 15.9 Å². The number of anilines is 1. The van der Waals surface area contributed by atoms with E-state index in [1.807, 2.05) is 36.1 Å². The number of carbonyl (C=O) groups excluding carboxylic acids is 2. The molecule has 0 bridgehead atoms. The highest BCUT2D eigenvalue weighted by atomic mass is 79.9. The maximum atomic E-state index is 12.6. The fraction of sp³-hybridized carbons (Fsp3) is 0.619. The maximum absolute atomic E-state index is 12.6. The molecule has 1 aromatic rings. The Morgan fingerprint density at radius 1 is 1.04 bits per heavy atom. The molecule has 2 saturated heterocycles. The van der Waals surface area contributed by atoms with Crippen LogP contribution in [0, 0.1) is 0 Å². The monoisotopic (exact) mass is 450 g/mol. The van der Waals surface area contributed by atoms with Crippen LogP contribution in [0.15, 0.2) is 28.7 Å². The summed E-state index contributed by atoms with van der Waals surface area (Å²) in [6.07, 6.45) is 4.74. The number of likely N-dealkylation sites (tertiary alicyclic amines) is 1. The average molecular weight is 451 g/mol. The first-order valence-corrected chi connectivity index (χ1v) is 11.1. The summed E-state index contributed by atoms with van der Waals surface area (Å²) in [4.78, 5) is 31.6. The van der Waals surface area contributed by atoms with Crippen molar-refractivity contribution in [2.24, 2.45) is 0 Å². The van der Waals surface area contributed by atoms with Crippen molar-refractivity contribution >= 4 is 33.4 Å². The Bertz CT molecular complexity index is 668. The summed E-state index contributed by atoms with van der Waals surface area (Å²) in [5, 5.41) is 2.99. The Hall–Kier alpha value is -1.44. The second-order valence-corrected chi connectivity index (χ2v) is 8.70. The second kappa shape index (κ2) is 10.4. The molecule has 6 nitrogen and oxygen atoms in total. The predicted molar refractivity (Wildman–Crippen MR) is 115 cm³/mol. The van der Waals surface area contributed by atoms with Crippen molar-refractivity contribution in [1.82, 2.24) is 14.7 Å². The summed E-state index contributed by atoms with van der Waals surface area (Å²) in [6.45, 7) is 7.54. The van der Waals surface area contributed by atoms with Crippen molar-refractivity contribution in [2.75, 3.05) is 51.1 Å². The molecule has 1 atom stereocenters. The van der Waals surface area contributed by atoms with Gasteiger partial charge in [0.1, 0.15) is 0 Å². The lowest BCUT2D eigenvalue weighted by atomic mass is 10.2. The van der Waals surface area contributed by atoms with Crippen LogP contribution in [-0.2, 0) is 9.59 Å². The highest BCUT2D eigenvalue weighted by Gasteiger charge is 2.27. The van der Waals surface area contributed by atoms with Crippen molar-refractivity contribution in [3.63, 3.8) is 0 Å². The van der Waals surface area contributed by atoms with Gasteiger partial charge in [0.2, 0.25) is 11.8 Å². The molecule has 2 aliphatic rings. The lowest BCUT2D eigenvalue weighted by Gasteiger charge is -2.37. The summed E-state index contributed by atoms with van der Waals surface area (Å²) in [6, 6.07) is 7.44. The van der Waals surface area contributed by atoms with E-state index in [1.54, 1.807) is 0 Å². The standard InChI is InChI=1S/C21H31BrN4O2/c1-17(21(28)23-19-8-6-7-18(22)15-19)25-13-11-24(12-14-25)16-20(27)26-9-4-2-3-5-10-26/h6-8,15,17H,2-5,9-14,16H2,1H3,(H,23,28)/t17-/m1/s1. The van der Waals surface area contributed by atoms with Gasteiger partial charge in [0, 0.05) is 49.4 Å². The Morgan fingerprint density at radius 2 is 1.71 bits per heavy atom. The molecule has 2 amide bonds. The largest absolute Gasteiger partial charge is 0.342 e. The van der Waals surface area contributed by atoms with E-state index in [4.69, 9.17) is 0 Å². The van der Waals surface area contributed by atoms with Gasteiger partial charge in [-0.15, -0.1) is 0 Å². The number of halogens is 1. The van der Waals surface area contributed by atoms with Crippen LogP contribution in [0.25, 0.3) is 0 Å². The molecule has 0 aliphatic carbocycles. The van der Waals surface area contributed by atoms with Gasteiger partial charge in [0.05, 0.1) is 12.6 Å². The normalized spacial score (nSPS) is 20.4. The van der Waals surface area contributed by atoms with Gasteiger partial charge in [-0.2, -0.15) is 0 Å². The third kappa shape index (κ3) is 6.03. The van der Waals surface area contributed by atoms with Crippen LogP contribution in [-0.4, -0.2) is 78.4 Å². The van der Waals surface area contributed by atoms with Gasteiger partial charge in [0.25, 0.3) is 0 Å². The van der Waals surface area contributed by atoms with E-state index in [9.17, 15) is 9.59 Å². The highest BCUT2D eigenvalue weighted by molar-refractivity contribution is 9.10. The molecule has 2 aliphatic heterocycles. The minimum Gasteiger partial charge on any atom is -0.342 e.